The summed E-state index contributed by atoms with van der Waals surface area (Å²) in [5.41, 5.74) is 5.69. The number of carbonyl (C=O) groups is 3. The van der Waals surface area contributed by atoms with Gasteiger partial charge in [0.2, 0.25) is 6.29 Å². The van der Waals surface area contributed by atoms with Gasteiger partial charge in [0.15, 0.2) is 0 Å². The molecule has 0 aromatic rings. The van der Waals surface area contributed by atoms with Gasteiger partial charge in [-0.25, -0.2) is 0 Å². The first-order valence-corrected chi connectivity index (χ1v) is 7.45. The third kappa shape index (κ3) is 9.14. The van der Waals surface area contributed by atoms with Crippen LogP contribution in [0.2, 0.25) is 0 Å². The summed E-state index contributed by atoms with van der Waals surface area (Å²) in [4.78, 5) is 34.5. The van der Waals surface area contributed by atoms with E-state index in [1.165, 1.54) is 6.92 Å². The molecule has 0 spiro atoms. The molecular weight excluding hydrogens is 306 g/mol. The second kappa shape index (κ2) is 11.0. The number of hydrogen-bond donors (Lipinski definition) is 2. The van der Waals surface area contributed by atoms with Crippen LogP contribution < -0.4 is 5.73 Å². The maximum Gasteiger partial charge on any atom is 0.326 e. The van der Waals surface area contributed by atoms with Crippen molar-refractivity contribution in [1.82, 2.24) is 0 Å². The van der Waals surface area contributed by atoms with Crippen LogP contribution in [0.1, 0.15) is 47.5 Å². The van der Waals surface area contributed by atoms with Crippen LogP contribution >= 0.6 is 0 Å². The summed E-state index contributed by atoms with van der Waals surface area (Å²) in [5.74, 6) is -3.62. The fourth-order valence-electron chi connectivity index (χ4n) is 1.70. The maximum atomic E-state index is 11.9. The molecule has 0 heterocycles. The van der Waals surface area contributed by atoms with Gasteiger partial charge in [-0.05, 0) is 12.3 Å². The molecular formula is C15H29NO7. The zero-order valence-electron chi connectivity index (χ0n) is 14.4. The fourth-order valence-corrected chi connectivity index (χ4v) is 1.70. The number of carbonyl (C=O) groups excluding carboxylic acids is 2. The van der Waals surface area contributed by atoms with Gasteiger partial charge < -0.3 is 25.8 Å². The van der Waals surface area contributed by atoms with E-state index in [9.17, 15) is 19.5 Å². The summed E-state index contributed by atoms with van der Waals surface area (Å²) in [6.45, 7) is 8.59. The van der Waals surface area contributed by atoms with Gasteiger partial charge in [0.1, 0.15) is 6.04 Å². The van der Waals surface area contributed by atoms with Gasteiger partial charge in [-0.1, -0.05) is 34.1 Å². The molecule has 0 aliphatic rings. The third-order valence-corrected chi connectivity index (χ3v) is 3.11. The number of esters is 2. The molecule has 0 bridgehead atoms. The largest absolute Gasteiger partial charge is 0.481 e. The molecule has 8 heteroatoms. The zero-order valence-corrected chi connectivity index (χ0v) is 14.4. The first-order chi connectivity index (χ1) is 10.1. The number of nitrogens with two attached hydrogens (primary N) is 1. The standard InChI is InChI=1S/C15H27NO6.H2O/c1-8(2)6-7-11(13(17)18)12(16)15(20)22-10(5)21-14(19)9(3)4;/h8-12H,6-7,16H2,1-5H3,(H,17,18);1H2/t10-,11?,12?;/m1./s1. The van der Waals surface area contributed by atoms with Gasteiger partial charge in [-0.15, -0.1) is 0 Å². The second-order valence-corrected chi connectivity index (χ2v) is 6.04. The topological polar surface area (TPSA) is 147 Å². The van der Waals surface area contributed by atoms with Crippen molar-refractivity contribution >= 4 is 17.9 Å². The average molecular weight is 335 g/mol. The van der Waals surface area contributed by atoms with E-state index in [-0.39, 0.29) is 17.8 Å². The van der Waals surface area contributed by atoms with E-state index in [1.54, 1.807) is 13.8 Å². The Morgan fingerprint density at radius 3 is 1.83 bits per heavy atom. The van der Waals surface area contributed by atoms with Crippen LogP contribution in [-0.4, -0.2) is 40.8 Å². The highest BCUT2D eigenvalue weighted by Crippen LogP contribution is 2.17. The van der Waals surface area contributed by atoms with Crippen molar-refractivity contribution in [2.45, 2.75) is 59.8 Å². The minimum atomic E-state index is -1.29. The summed E-state index contributed by atoms with van der Waals surface area (Å²) >= 11 is 0. The lowest BCUT2D eigenvalue weighted by molar-refractivity contribution is -0.189. The molecule has 8 nitrogen and oxygen atoms in total. The Hall–Kier alpha value is -1.67. The fraction of sp³-hybridized carbons (Fsp3) is 0.800. The van der Waals surface area contributed by atoms with Gasteiger partial charge in [-0.2, -0.15) is 0 Å². The van der Waals surface area contributed by atoms with Crippen LogP contribution in [0.5, 0.6) is 0 Å². The number of aliphatic carboxylic acids is 1. The van der Waals surface area contributed by atoms with Gasteiger partial charge in [0, 0.05) is 6.92 Å². The van der Waals surface area contributed by atoms with Crippen molar-refractivity contribution in [2.75, 3.05) is 0 Å². The maximum absolute atomic E-state index is 11.9. The first kappa shape index (κ1) is 23.6. The Morgan fingerprint density at radius 2 is 1.43 bits per heavy atom. The minimum Gasteiger partial charge on any atom is -0.481 e. The number of rotatable bonds is 9. The number of ether oxygens (including phenoxy) is 2. The normalized spacial score (nSPS) is 14.6. The average Bonchev–Trinajstić information content (AvgIpc) is 2.37. The van der Waals surface area contributed by atoms with Crippen molar-refractivity contribution in [3.8, 4) is 0 Å². The summed E-state index contributed by atoms with van der Waals surface area (Å²) in [6, 6.07) is -1.29. The summed E-state index contributed by atoms with van der Waals surface area (Å²) < 4.78 is 9.79. The van der Waals surface area contributed by atoms with E-state index in [0.717, 1.165) is 0 Å². The van der Waals surface area contributed by atoms with Crippen molar-refractivity contribution in [3.05, 3.63) is 0 Å². The summed E-state index contributed by atoms with van der Waals surface area (Å²) in [7, 11) is 0. The molecule has 5 N–H and O–H groups in total. The molecule has 0 rings (SSSR count). The van der Waals surface area contributed by atoms with E-state index in [4.69, 9.17) is 15.2 Å². The van der Waals surface area contributed by atoms with Gasteiger partial charge in [0.05, 0.1) is 11.8 Å². The highest BCUT2D eigenvalue weighted by atomic mass is 16.7. The van der Waals surface area contributed by atoms with E-state index < -0.39 is 36.2 Å². The highest BCUT2D eigenvalue weighted by Gasteiger charge is 2.33. The van der Waals surface area contributed by atoms with Crippen LogP contribution in [-0.2, 0) is 23.9 Å². The SMILES string of the molecule is CC(C)CCC(C(=O)O)C(N)C(=O)O[C@H](C)OC(=O)C(C)C.O. The van der Waals surface area contributed by atoms with E-state index in [2.05, 4.69) is 0 Å². The van der Waals surface area contributed by atoms with Crippen LogP contribution in [0.15, 0.2) is 0 Å². The van der Waals surface area contributed by atoms with E-state index in [0.29, 0.717) is 12.3 Å². The van der Waals surface area contributed by atoms with Crippen LogP contribution in [0.4, 0.5) is 0 Å². The van der Waals surface area contributed by atoms with Crippen molar-refractivity contribution in [2.24, 2.45) is 23.5 Å². The van der Waals surface area contributed by atoms with Gasteiger partial charge >= 0.3 is 17.9 Å². The Labute approximate surface area is 136 Å². The molecule has 2 unspecified atom stereocenters. The molecule has 0 aliphatic heterocycles. The number of carboxylic acids is 1. The van der Waals surface area contributed by atoms with Crippen molar-refractivity contribution in [1.29, 1.82) is 0 Å². The quantitative estimate of drug-likeness (QED) is 0.465. The third-order valence-electron chi connectivity index (χ3n) is 3.11. The molecule has 0 saturated carbocycles. The predicted octanol–water partition coefficient (Wildman–Crippen LogP) is 0.714. The van der Waals surface area contributed by atoms with E-state index >= 15 is 0 Å². The molecule has 0 aromatic carbocycles. The molecule has 0 aromatic heterocycles. The Morgan fingerprint density at radius 1 is 0.957 bits per heavy atom. The number of carboxylic acid groups (broad SMARTS) is 1. The Kier molecular flexibility index (Phi) is 11.2. The number of hydrogen-bond acceptors (Lipinski definition) is 6. The lowest BCUT2D eigenvalue weighted by Gasteiger charge is -2.22. The molecule has 0 fully saturated rings. The molecule has 3 atom stereocenters. The summed E-state index contributed by atoms with van der Waals surface area (Å²) in [6.07, 6.45) is -0.188. The predicted molar refractivity (Wildman–Crippen MR) is 83.3 cm³/mol. The lowest BCUT2D eigenvalue weighted by Crippen LogP contribution is -2.44. The highest BCUT2D eigenvalue weighted by molar-refractivity contribution is 5.83. The smallest absolute Gasteiger partial charge is 0.326 e. The second-order valence-electron chi connectivity index (χ2n) is 6.04. The molecule has 0 saturated heterocycles. The molecule has 136 valence electrons. The van der Waals surface area contributed by atoms with Crippen LogP contribution in [0.25, 0.3) is 0 Å². The molecule has 0 radical (unpaired) electrons. The molecule has 0 aliphatic carbocycles. The Bertz CT molecular complexity index is 395. The molecule has 0 amide bonds. The van der Waals surface area contributed by atoms with Crippen LogP contribution in [0, 0.1) is 17.8 Å². The van der Waals surface area contributed by atoms with E-state index in [1.807, 2.05) is 13.8 Å². The first-order valence-electron chi connectivity index (χ1n) is 7.45. The molecule has 23 heavy (non-hydrogen) atoms. The monoisotopic (exact) mass is 335 g/mol. The van der Waals surface area contributed by atoms with Gasteiger partial charge in [-0.3, -0.25) is 14.4 Å². The van der Waals surface area contributed by atoms with Crippen LogP contribution in [0.3, 0.4) is 0 Å². The van der Waals surface area contributed by atoms with Crippen molar-refractivity contribution in [3.63, 3.8) is 0 Å². The summed E-state index contributed by atoms with van der Waals surface area (Å²) in [5, 5.41) is 9.18. The van der Waals surface area contributed by atoms with Crippen molar-refractivity contribution < 1.29 is 34.4 Å². The zero-order chi connectivity index (χ0) is 17.4. The minimum absolute atomic E-state index is 0. The van der Waals surface area contributed by atoms with Gasteiger partial charge in [0.25, 0.3) is 0 Å². The Balaban J connectivity index is 0. The lowest BCUT2D eigenvalue weighted by atomic mass is 9.92.